The number of carbonyl (C=O) groups is 1. The van der Waals surface area contributed by atoms with E-state index in [1.165, 1.54) is 0 Å². The second-order valence-corrected chi connectivity index (χ2v) is 3.36. The number of nitrogens with zero attached hydrogens (tertiary/aromatic N) is 2. The predicted molar refractivity (Wildman–Crippen MR) is 51.2 cm³/mol. The molecule has 18 heavy (non-hydrogen) atoms. The summed E-state index contributed by atoms with van der Waals surface area (Å²) >= 11 is 0. The number of H-pyrrole nitrogens is 1. The number of nitrogens with one attached hydrogen (secondary N) is 1. The molecule has 0 saturated heterocycles. The number of ketones is 1. The Hall–Kier alpha value is -2.25. The summed E-state index contributed by atoms with van der Waals surface area (Å²) in [6.45, 7) is 0. The standard InChI is InChI=1S/C10H5F4N3O/c11-7-3-5(1-2-6(7)10(12,13)14)8(18)9-15-4-16-17-9/h1-4H,(H,15,16,17). The Morgan fingerprint density at radius 3 is 2.50 bits per heavy atom. The molecule has 0 amide bonds. The number of benzene rings is 1. The van der Waals surface area contributed by atoms with E-state index in [0.717, 1.165) is 12.4 Å². The lowest BCUT2D eigenvalue weighted by Crippen LogP contribution is -2.10. The van der Waals surface area contributed by atoms with E-state index in [1.54, 1.807) is 0 Å². The van der Waals surface area contributed by atoms with Crippen LogP contribution in [0.5, 0.6) is 0 Å². The molecule has 4 nitrogen and oxygen atoms in total. The summed E-state index contributed by atoms with van der Waals surface area (Å²) in [7, 11) is 0. The van der Waals surface area contributed by atoms with Gasteiger partial charge in [-0.25, -0.2) is 9.37 Å². The molecule has 0 spiro atoms. The SMILES string of the molecule is O=C(c1ccc(C(F)(F)F)c(F)c1)c1ncn[nH]1. The topological polar surface area (TPSA) is 58.6 Å². The van der Waals surface area contributed by atoms with E-state index in [4.69, 9.17) is 0 Å². The van der Waals surface area contributed by atoms with Crippen LogP contribution >= 0.6 is 0 Å². The Morgan fingerprint density at radius 1 is 1.28 bits per heavy atom. The van der Waals surface area contributed by atoms with Gasteiger partial charge in [-0.2, -0.15) is 18.3 Å². The van der Waals surface area contributed by atoms with E-state index in [0.29, 0.717) is 12.1 Å². The van der Waals surface area contributed by atoms with Crippen LogP contribution < -0.4 is 0 Å². The molecule has 0 bridgehead atoms. The molecule has 1 N–H and O–H groups in total. The minimum absolute atomic E-state index is 0.172. The molecule has 0 aliphatic rings. The molecule has 94 valence electrons. The molecule has 1 aromatic heterocycles. The van der Waals surface area contributed by atoms with Crippen molar-refractivity contribution in [1.29, 1.82) is 0 Å². The third-order valence-corrected chi connectivity index (χ3v) is 2.17. The monoisotopic (exact) mass is 259 g/mol. The van der Waals surface area contributed by atoms with Gasteiger partial charge in [0.05, 0.1) is 5.56 Å². The Balaban J connectivity index is 2.38. The van der Waals surface area contributed by atoms with Gasteiger partial charge in [-0.05, 0) is 12.1 Å². The van der Waals surface area contributed by atoms with Crippen LogP contribution in [0.15, 0.2) is 24.5 Å². The number of aromatic nitrogens is 3. The van der Waals surface area contributed by atoms with Gasteiger partial charge in [0.15, 0.2) is 5.82 Å². The number of halogens is 4. The first-order chi connectivity index (χ1) is 8.39. The van der Waals surface area contributed by atoms with Crippen molar-refractivity contribution in [3.8, 4) is 0 Å². The van der Waals surface area contributed by atoms with E-state index in [-0.39, 0.29) is 11.4 Å². The van der Waals surface area contributed by atoms with Gasteiger partial charge >= 0.3 is 6.18 Å². The number of hydrogen-bond donors (Lipinski definition) is 1. The van der Waals surface area contributed by atoms with E-state index in [2.05, 4.69) is 15.2 Å². The van der Waals surface area contributed by atoms with Gasteiger partial charge in [0.2, 0.25) is 5.78 Å². The fraction of sp³-hybridized carbons (Fsp3) is 0.100. The molecule has 0 aliphatic carbocycles. The highest BCUT2D eigenvalue weighted by Gasteiger charge is 2.34. The van der Waals surface area contributed by atoms with Crippen LogP contribution in [0.2, 0.25) is 0 Å². The molecule has 2 rings (SSSR count). The van der Waals surface area contributed by atoms with Crippen molar-refractivity contribution in [3.63, 3.8) is 0 Å². The predicted octanol–water partition coefficient (Wildman–Crippen LogP) is 2.19. The quantitative estimate of drug-likeness (QED) is 0.664. The van der Waals surface area contributed by atoms with E-state index < -0.39 is 23.3 Å². The number of aromatic amines is 1. The lowest BCUT2D eigenvalue weighted by atomic mass is 10.1. The van der Waals surface area contributed by atoms with Crippen molar-refractivity contribution < 1.29 is 22.4 Å². The van der Waals surface area contributed by atoms with Crippen molar-refractivity contribution in [3.05, 3.63) is 47.3 Å². The van der Waals surface area contributed by atoms with Gasteiger partial charge in [0, 0.05) is 5.56 Å². The van der Waals surface area contributed by atoms with Crippen molar-refractivity contribution >= 4 is 5.78 Å². The third-order valence-electron chi connectivity index (χ3n) is 2.17. The van der Waals surface area contributed by atoms with Crippen molar-refractivity contribution in [2.75, 3.05) is 0 Å². The molecule has 0 unspecified atom stereocenters. The van der Waals surface area contributed by atoms with Crippen LogP contribution in [-0.4, -0.2) is 21.0 Å². The molecule has 0 saturated carbocycles. The third kappa shape index (κ3) is 2.22. The van der Waals surface area contributed by atoms with Gasteiger partial charge in [-0.1, -0.05) is 6.07 Å². The van der Waals surface area contributed by atoms with Crippen LogP contribution in [0.4, 0.5) is 17.6 Å². The average Bonchev–Trinajstić information content (AvgIpc) is 2.79. The van der Waals surface area contributed by atoms with E-state index >= 15 is 0 Å². The lowest BCUT2D eigenvalue weighted by molar-refractivity contribution is -0.140. The highest BCUT2D eigenvalue weighted by atomic mass is 19.4. The second-order valence-electron chi connectivity index (χ2n) is 3.36. The highest BCUT2D eigenvalue weighted by molar-refractivity contribution is 6.06. The number of alkyl halides is 3. The Bertz CT molecular complexity index is 577. The molecular formula is C10H5F4N3O. The largest absolute Gasteiger partial charge is 0.419 e. The molecule has 2 aromatic rings. The Morgan fingerprint density at radius 2 is 2.00 bits per heavy atom. The van der Waals surface area contributed by atoms with Gasteiger partial charge < -0.3 is 0 Å². The summed E-state index contributed by atoms with van der Waals surface area (Å²) in [5.74, 6) is -2.41. The molecule has 1 aromatic carbocycles. The normalized spacial score (nSPS) is 11.6. The van der Waals surface area contributed by atoms with Crippen LogP contribution in [0.3, 0.4) is 0 Å². The van der Waals surface area contributed by atoms with Crippen LogP contribution in [0.1, 0.15) is 21.7 Å². The zero-order valence-electron chi connectivity index (χ0n) is 8.62. The van der Waals surface area contributed by atoms with Crippen molar-refractivity contribution in [2.24, 2.45) is 0 Å². The minimum atomic E-state index is -4.79. The average molecular weight is 259 g/mol. The molecule has 1 heterocycles. The summed E-state index contributed by atoms with van der Waals surface area (Å²) in [5.41, 5.74) is -1.66. The van der Waals surface area contributed by atoms with E-state index in [1.807, 2.05) is 0 Å². The Labute approximate surface area is 97.7 Å². The summed E-state index contributed by atoms with van der Waals surface area (Å²) < 4.78 is 50.1. The number of hydrogen-bond acceptors (Lipinski definition) is 3. The molecule has 8 heteroatoms. The fourth-order valence-corrected chi connectivity index (χ4v) is 1.34. The summed E-state index contributed by atoms with van der Waals surface area (Å²) in [6.07, 6.45) is -3.73. The van der Waals surface area contributed by atoms with Gasteiger partial charge in [0.1, 0.15) is 12.1 Å². The summed E-state index contributed by atoms with van der Waals surface area (Å²) in [5, 5.41) is 5.66. The first kappa shape index (κ1) is 12.2. The first-order valence-corrected chi connectivity index (χ1v) is 4.66. The summed E-state index contributed by atoms with van der Waals surface area (Å²) in [6, 6.07) is 1.92. The van der Waals surface area contributed by atoms with Gasteiger partial charge in [-0.3, -0.25) is 9.89 Å². The fourth-order valence-electron chi connectivity index (χ4n) is 1.34. The zero-order valence-corrected chi connectivity index (χ0v) is 8.62. The van der Waals surface area contributed by atoms with Gasteiger partial charge in [-0.15, -0.1) is 0 Å². The van der Waals surface area contributed by atoms with Gasteiger partial charge in [0.25, 0.3) is 0 Å². The van der Waals surface area contributed by atoms with Crippen LogP contribution in [0, 0.1) is 5.82 Å². The lowest BCUT2D eigenvalue weighted by Gasteiger charge is -2.08. The Kier molecular flexibility index (Phi) is 2.85. The maximum Gasteiger partial charge on any atom is 0.419 e. The smallest absolute Gasteiger partial charge is 0.285 e. The van der Waals surface area contributed by atoms with Crippen molar-refractivity contribution in [1.82, 2.24) is 15.2 Å². The van der Waals surface area contributed by atoms with Crippen LogP contribution in [0.25, 0.3) is 0 Å². The van der Waals surface area contributed by atoms with E-state index in [9.17, 15) is 22.4 Å². The summed E-state index contributed by atoms with van der Waals surface area (Å²) in [4.78, 5) is 15.2. The van der Waals surface area contributed by atoms with Crippen molar-refractivity contribution in [2.45, 2.75) is 6.18 Å². The zero-order chi connectivity index (χ0) is 13.3. The molecule has 0 aliphatic heterocycles. The number of rotatable bonds is 2. The van der Waals surface area contributed by atoms with Crippen LogP contribution in [-0.2, 0) is 6.18 Å². The maximum atomic E-state index is 13.2. The molecule has 0 atom stereocenters. The second kappa shape index (κ2) is 4.21. The molecule has 0 radical (unpaired) electrons. The molecular weight excluding hydrogens is 254 g/mol. The first-order valence-electron chi connectivity index (χ1n) is 4.66. The highest BCUT2D eigenvalue weighted by Crippen LogP contribution is 2.31. The maximum absolute atomic E-state index is 13.2. The number of carbonyl (C=O) groups excluding carboxylic acids is 1. The minimum Gasteiger partial charge on any atom is -0.285 e. The molecule has 0 fully saturated rings.